The number of nitrogens with zero attached hydrogens (tertiary/aromatic N) is 2. The van der Waals surface area contributed by atoms with E-state index in [1.807, 2.05) is 0 Å². The first-order valence-electron chi connectivity index (χ1n) is 3.21. The molecule has 5 heteroatoms. The van der Waals surface area contributed by atoms with Crippen LogP contribution in [0, 0.1) is 0 Å². The molecule has 0 saturated heterocycles. The lowest BCUT2D eigenvalue weighted by Crippen LogP contribution is -1.92. The molecule has 2 aromatic heterocycles. The fraction of sp³-hybridized carbons (Fsp3) is 0. The summed E-state index contributed by atoms with van der Waals surface area (Å²) in [5.74, 6) is 0. The van der Waals surface area contributed by atoms with E-state index in [2.05, 4.69) is 22.6 Å². The number of aromatic nitrogens is 2. The predicted molar refractivity (Wildman–Crippen MR) is 50.7 cm³/mol. The lowest BCUT2D eigenvalue weighted by molar-refractivity contribution is 0.108. The number of thiazole rings is 1. The molecule has 0 amide bonds. The van der Waals surface area contributed by atoms with Crippen LogP contribution in [0.25, 0.3) is 10.3 Å². The Balaban J connectivity index is 2.68. The number of hydrogen-bond acceptors (Lipinski definition) is 4. The van der Waals surface area contributed by atoms with Crippen molar-refractivity contribution in [2.45, 2.75) is 0 Å². The summed E-state index contributed by atoms with van der Waals surface area (Å²) in [7, 11) is 0. The lowest BCUT2D eigenvalue weighted by Gasteiger charge is -1.91. The molecule has 0 aliphatic rings. The van der Waals surface area contributed by atoms with Crippen molar-refractivity contribution in [3.8, 4) is 0 Å². The quantitative estimate of drug-likeness (QED) is 0.707. The van der Waals surface area contributed by atoms with Crippen LogP contribution >= 0.6 is 24.0 Å². The molecule has 0 aliphatic carbocycles. The van der Waals surface area contributed by atoms with E-state index in [4.69, 9.17) is 0 Å². The zero-order valence-corrected chi connectivity index (χ0v) is 7.60. The molecule has 0 fully saturated rings. The van der Waals surface area contributed by atoms with E-state index >= 15 is 0 Å². The molecule has 0 radical (unpaired) electrons. The van der Waals surface area contributed by atoms with Gasteiger partial charge in [0, 0.05) is 0 Å². The Kier molecular flexibility index (Phi) is 1.82. The zero-order valence-electron chi connectivity index (χ0n) is 5.89. The van der Waals surface area contributed by atoms with Gasteiger partial charge in [-0.05, 0) is 12.1 Å². The molecule has 2 rings (SSSR count). The maximum Gasteiger partial charge on any atom is 0.234 e. The highest BCUT2D eigenvalue weighted by Crippen LogP contribution is 2.15. The Bertz CT molecular complexity index is 438. The van der Waals surface area contributed by atoms with Gasteiger partial charge >= 0.3 is 0 Å². The number of fused-ring (bicyclic) bond motifs is 1. The van der Waals surface area contributed by atoms with Gasteiger partial charge in [0.05, 0.1) is 11.0 Å². The molecule has 0 aromatic carbocycles. The maximum atomic E-state index is 10.8. The number of carbonyl (C=O) groups excluding carboxylic acids is 1. The third-order valence-corrected chi connectivity index (χ3v) is 2.38. The molecule has 60 valence electrons. The average Bonchev–Trinajstić information content (AvgIpc) is 2.49. The normalized spacial score (nSPS) is 10.4. The fourth-order valence-electron chi connectivity index (χ4n) is 0.870. The van der Waals surface area contributed by atoms with Crippen molar-refractivity contribution in [1.29, 1.82) is 0 Å². The van der Waals surface area contributed by atoms with Gasteiger partial charge in [-0.2, -0.15) is 0 Å². The van der Waals surface area contributed by atoms with Crippen molar-refractivity contribution in [2.75, 3.05) is 0 Å². The Labute approximate surface area is 77.9 Å². The molecule has 0 saturated carbocycles. The van der Waals surface area contributed by atoms with Gasteiger partial charge in [-0.1, -0.05) is 12.6 Å². The van der Waals surface area contributed by atoms with Gasteiger partial charge in [-0.25, -0.2) is 9.97 Å². The van der Waals surface area contributed by atoms with Crippen molar-refractivity contribution in [2.24, 2.45) is 0 Å². The number of rotatable bonds is 1. The second-order valence-electron chi connectivity index (χ2n) is 2.18. The van der Waals surface area contributed by atoms with Gasteiger partial charge in [0.15, 0.2) is 0 Å². The van der Waals surface area contributed by atoms with E-state index in [1.54, 1.807) is 17.6 Å². The van der Waals surface area contributed by atoms with Crippen LogP contribution in [0.3, 0.4) is 0 Å². The zero-order chi connectivity index (χ0) is 8.55. The summed E-state index contributed by atoms with van der Waals surface area (Å²) in [6, 6.07) is 3.39. The molecular weight excluding hydrogens is 192 g/mol. The lowest BCUT2D eigenvalue weighted by atomic mass is 10.3. The molecule has 2 heterocycles. The minimum Gasteiger partial charge on any atom is -0.280 e. The van der Waals surface area contributed by atoms with E-state index in [1.165, 1.54) is 11.3 Å². The average molecular weight is 196 g/mol. The van der Waals surface area contributed by atoms with Crippen LogP contribution in [-0.2, 0) is 0 Å². The number of carbonyl (C=O) groups is 1. The van der Waals surface area contributed by atoms with Gasteiger partial charge in [0.1, 0.15) is 10.5 Å². The topological polar surface area (TPSA) is 42.9 Å². The largest absolute Gasteiger partial charge is 0.280 e. The summed E-state index contributed by atoms with van der Waals surface area (Å²) in [5.41, 5.74) is 2.89. The second-order valence-corrected chi connectivity index (χ2v) is 3.42. The van der Waals surface area contributed by atoms with Gasteiger partial charge in [-0.15, -0.1) is 11.3 Å². The Morgan fingerprint density at radius 1 is 1.50 bits per heavy atom. The van der Waals surface area contributed by atoms with Crippen molar-refractivity contribution < 1.29 is 4.79 Å². The van der Waals surface area contributed by atoms with Gasteiger partial charge in [-0.3, -0.25) is 4.79 Å². The van der Waals surface area contributed by atoms with Crippen LogP contribution in [0.2, 0.25) is 0 Å². The second kappa shape index (κ2) is 2.84. The van der Waals surface area contributed by atoms with Crippen LogP contribution < -0.4 is 0 Å². The monoisotopic (exact) mass is 196 g/mol. The van der Waals surface area contributed by atoms with E-state index in [-0.39, 0.29) is 5.12 Å². The van der Waals surface area contributed by atoms with E-state index in [9.17, 15) is 4.79 Å². The Morgan fingerprint density at radius 3 is 3.08 bits per heavy atom. The van der Waals surface area contributed by atoms with Gasteiger partial charge in [0.2, 0.25) is 5.12 Å². The molecule has 0 aliphatic heterocycles. The number of hydrogen-bond donors (Lipinski definition) is 1. The molecule has 12 heavy (non-hydrogen) atoms. The molecular formula is C7H4N2OS2. The smallest absolute Gasteiger partial charge is 0.234 e. The summed E-state index contributed by atoms with van der Waals surface area (Å²) >= 11 is 5.09. The third kappa shape index (κ3) is 1.21. The highest BCUT2D eigenvalue weighted by atomic mass is 32.1. The van der Waals surface area contributed by atoms with Crippen LogP contribution in [0.1, 0.15) is 10.5 Å². The first-order valence-corrected chi connectivity index (χ1v) is 4.53. The fourth-order valence-corrected chi connectivity index (χ4v) is 1.65. The molecule has 2 aromatic rings. The van der Waals surface area contributed by atoms with E-state index in [0.29, 0.717) is 5.69 Å². The standard InChI is InChI=1S/C7H4N2OS2/c10-7(11)5-2-1-4-6(9-5)12-3-8-4/h1-3H,(H,10,11). The Morgan fingerprint density at radius 2 is 2.33 bits per heavy atom. The minimum absolute atomic E-state index is 0.315. The maximum absolute atomic E-state index is 10.8. The summed E-state index contributed by atoms with van der Waals surface area (Å²) < 4.78 is 0. The van der Waals surface area contributed by atoms with Crippen LogP contribution in [0.5, 0.6) is 0 Å². The molecule has 0 atom stereocenters. The first kappa shape index (κ1) is 7.70. The van der Waals surface area contributed by atoms with Crippen molar-refractivity contribution in [3.05, 3.63) is 23.3 Å². The Hall–Kier alpha value is -0.940. The molecule has 0 bridgehead atoms. The molecule has 0 unspecified atom stereocenters. The molecule has 3 nitrogen and oxygen atoms in total. The van der Waals surface area contributed by atoms with E-state index in [0.717, 1.165) is 10.3 Å². The van der Waals surface area contributed by atoms with Crippen LogP contribution in [0.15, 0.2) is 17.6 Å². The summed E-state index contributed by atoms with van der Waals surface area (Å²) in [4.78, 5) is 19.7. The summed E-state index contributed by atoms with van der Waals surface area (Å²) in [6.07, 6.45) is 0. The number of pyridine rings is 1. The van der Waals surface area contributed by atoms with Crippen molar-refractivity contribution in [3.63, 3.8) is 0 Å². The molecule has 0 spiro atoms. The highest BCUT2D eigenvalue weighted by Gasteiger charge is 2.04. The third-order valence-electron chi connectivity index (χ3n) is 1.42. The predicted octanol–water partition coefficient (Wildman–Crippen LogP) is 1.76. The van der Waals surface area contributed by atoms with E-state index < -0.39 is 0 Å². The highest BCUT2D eigenvalue weighted by molar-refractivity contribution is 7.97. The minimum atomic E-state index is -0.315. The van der Waals surface area contributed by atoms with Crippen molar-refractivity contribution in [1.82, 2.24) is 9.97 Å². The SMILES string of the molecule is O=C(S)c1ccc2ncsc2n1. The van der Waals surface area contributed by atoms with Gasteiger partial charge < -0.3 is 0 Å². The number of thiol groups is 1. The molecule has 0 N–H and O–H groups in total. The summed E-state index contributed by atoms with van der Waals surface area (Å²) in [6.45, 7) is 0. The van der Waals surface area contributed by atoms with Crippen molar-refractivity contribution >= 4 is 39.4 Å². The summed E-state index contributed by atoms with van der Waals surface area (Å²) in [5, 5.41) is -0.315. The van der Waals surface area contributed by atoms with Gasteiger partial charge in [0.25, 0.3) is 0 Å². The van der Waals surface area contributed by atoms with Crippen LogP contribution in [-0.4, -0.2) is 15.1 Å². The first-order chi connectivity index (χ1) is 5.77. The van der Waals surface area contributed by atoms with Crippen LogP contribution in [0.4, 0.5) is 0 Å².